The van der Waals surface area contributed by atoms with Crippen molar-refractivity contribution in [3.05, 3.63) is 30.1 Å². The van der Waals surface area contributed by atoms with E-state index < -0.39 is 0 Å². The van der Waals surface area contributed by atoms with Crippen molar-refractivity contribution in [1.29, 1.82) is 0 Å². The molecule has 1 rings (SSSR count). The molecule has 0 atom stereocenters. The van der Waals surface area contributed by atoms with Crippen LogP contribution in [-0.4, -0.2) is 0 Å². The molecule has 0 fully saturated rings. The summed E-state index contributed by atoms with van der Waals surface area (Å²) in [6.07, 6.45) is 4.83. The molecule has 0 aromatic carbocycles. The monoisotopic (exact) mass is 123 g/mol. The molecule has 1 nitrogen and oxygen atoms in total. The summed E-state index contributed by atoms with van der Waals surface area (Å²) >= 11 is 0. The molecule has 0 amide bonds. The zero-order chi connectivity index (χ0) is 6.69. The van der Waals surface area contributed by atoms with E-state index >= 15 is 0 Å². The van der Waals surface area contributed by atoms with Crippen LogP contribution in [0.3, 0.4) is 0 Å². The lowest BCUT2D eigenvalue weighted by Gasteiger charge is -1.90. The molecule has 1 radical (unpaired) electrons. The summed E-state index contributed by atoms with van der Waals surface area (Å²) < 4.78 is 5.15. The van der Waals surface area contributed by atoms with E-state index in [9.17, 15) is 0 Å². The zero-order valence-electron chi connectivity index (χ0n) is 5.85. The molecule has 0 aliphatic carbocycles. The van der Waals surface area contributed by atoms with Gasteiger partial charge in [-0.1, -0.05) is 6.92 Å². The first kappa shape index (κ1) is 6.40. The molecule has 0 N–H and O–H groups in total. The van der Waals surface area contributed by atoms with E-state index in [1.54, 1.807) is 6.26 Å². The van der Waals surface area contributed by atoms with Crippen LogP contribution in [-0.2, 0) is 0 Å². The number of hydrogen-bond donors (Lipinski definition) is 0. The van der Waals surface area contributed by atoms with Crippen molar-refractivity contribution >= 4 is 0 Å². The van der Waals surface area contributed by atoms with E-state index in [2.05, 4.69) is 13.3 Å². The van der Waals surface area contributed by atoms with Crippen molar-refractivity contribution in [2.45, 2.75) is 20.3 Å². The maximum atomic E-state index is 5.15. The van der Waals surface area contributed by atoms with Gasteiger partial charge in [0.05, 0.1) is 6.26 Å². The highest BCUT2D eigenvalue weighted by Crippen LogP contribution is 2.11. The zero-order valence-corrected chi connectivity index (χ0v) is 5.85. The van der Waals surface area contributed by atoms with Crippen molar-refractivity contribution < 1.29 is 4.42 Å². The predicted octanol–water partition coefficient (Wildman–Crippen LogP) is 2.55. The Kier molecular flexibility index (Phi) is 1.93. The maximum absolute atomic E-state index is 5.15. The standard InChI is InChI=1S/C8H11O/c1-3-4-8-7(2)5-6-9-8/h4-6H,3H2,1-2H3. The summed E-state index contributed by atoms with van der Waals surface area (Å²) in [5.41, 5.74) is 1.22. The van der Waals surface area contributed by atoms with Gasteiger partial charge in [0.2, 0.25) is 0 Å². The topological polar surface area (TPSA) is 13.1 Å². The number of rotatable bonds is 2. The third kappa shape index (κ3) is 1.35. The lowest BCUT2D eigenvalue weighted by Crippen LogP contribution is -1.76. The van der Waals surface area contributed by atoms with Crippen LogP contribution in [0.4, 0.5) is 0 Å². The van der Waals surface area contributed by atoms with Gasteiger partial charge >= 0.3 is 0 Å². The molecule has 9 heavy (non-hydrogen) atoms. The molecule has 1 heteroatoms. The first-order chi connectivity index (χ1) is 4.34. The van der Waals surface area contributed by atoms with Crippen LogP contribution < -0.4 is 0 Å². The highest BCUT2D eigenvalue weighted by molar-refractivity contribution is 5.20. The molecule has 0 bridgehead atoms. The van der Waals surface area contributed by atoms with Crippen LogP contribution in [0.2, 0.25) is 0 Å². The van der Waals surface area contributed by atoms with Gasteiger partial charge in [-0.3, -0.25) is 0 Å². The fourth-order valence-electron chi connectivity index (χ4n) is 0.779. The molecular formula is C8H11O. The Bertz CT molecular complexity index is 176. The molecule has 0 saturated heterocycles. The molecule has 0 aliphatic rings. The highest BCUT2D eigenvalue weighted by Gasteiger charge is 1.97. The maximum Gasteiger partial charge on any atom is 0.110 e. The molecule has 0 unspecified atom stereocenters. The van der Waals surface area contributed by atoms with Gasteiger partial charge in [-0.05, 0) is 25.0 Å². The number of furan rings is 1. The first-order valence-electron chi connectivity index (χ1n) is 3.22. The fourth-order valence-corrected chi connectivity index (χ4v) is 0.779. The fraction of sp³-hybridized carbons (Fsp3) is 0.375. The van der Waals surface area contributed by atoms with Gasteiger partial charge in [0.15, 0.2) is 0 Å². The van der Waals surface area contributed by atoms with Crippen molar-refractivity contribution in [2.75, 3.05) is 0 Å². The average Bonchev–Trinajstić information content (AvgIpc) is 2.18. The summed E-state index contributed by atoms with van der Waals surface area (Å²) in [6.45, 7) is 4.15. The Morgan fingerprint density at radius 3 is 2.89 bits per heavy atom. The molecule has 0 spiro atoms. The van der Waals surface area contributed by atoms with E-state index in [0.29, 0.717) is 0 Å². The van der Waals surface area contributed by atoms with Crippen molar-refractivity contribution in [3.63, 3.8) is 0 Å². The van der Waals surface area contributed by atoms with E-state index in [0.717, 1.165) is 12.2 Å². The van der Waals surface area contributed by atoms with Crippen LogP contribution in [0, 0.1) is 13.3 Å². The van der Waals surface area contributed by atoms with Crippen molar-refractivity contribution in [3.8, 4) is 0 Å². The third-order valence-corrected chi connectivity index (χ3v) is 1.29. The number of hydrogen-bond acceptors (Lipinski definition) is 1. The second-order valence-electron chi connectivity index (χ2n) is 2.08. The van der Waals surface area contributed by atoms with Crippen molar-refractivity contribution in [2.24, 2.45) is 0 Å². The van der Waals surface area contributed by atoms with Crippen LogP contribution >= 0.6 is 0 Å². The minimum Gasteiger partial charge on any atom is -0.469 e. The lowest BCUT2D eigenvalue weighted by molar-refractivity contribution is 0.534. The summed E-state index contributed by atoms with van der Waals surface area (Å²) in [5, 5.41) is 0. The van der Waals surface area contributed by atoms with Gasteiger partial charge in [-0.15, -0.1) is 0 Å². The SMILES string of the molecule is CC[CH]c1occc1C. The Morgan fingerprint density at radius 2 is 2.44 bits per heavy atom. The highest BCUT2D eigenvalue weighted by atomic mass is 16.3. The van der Waals surface area contributed by atoms with Crippen LogP contribution in [0.15, 0.2) is 16.7 Å². The Balaban J connectivity index is 2.69. The van der Waals surface area contributed by atoms with E-state index in [4.69, 9.17) is 4.42 Å². The largest absolute Gasteiger partial charge is 0.469 e. The van der Waals surface area contributed by atoms with Gasteiger partial charge in [0.1, 0.15) is 5.76 Å². The Hall–Kier alpha value is -0.720. The molecule has 1 aromatic rings. The van der Waals surface area contributed by atoms with Gasteiger partial charge < -0.3 is 4.42 Å². The van der Waals surface area contributed by atoms with Crippen LogP contribution in [0.1, 0.15) is 24.7 Å². The van der Waals surface area contributed by atoms with Crippen molar-refractivity contribution in [1.82, 2.24) is 0 Å². The second kappa shape index (κ2) is 2.72. The normalized spacial score (nSPS) is 10.0. The minimum atomic E-state index is 1.01. The molecule has 0 saturated carbocycles. The lowest BCUT2D eigenvalue weighted by atomic mass is 10.2. The summed E-state index contributed by atoms with van der Waals surface area (Å²) in [5.74, 6) is 1.01. The van der Waals surface area contributed by atoms with Gasteiger partial charge in [-0.25, -0.2) is 0 Å². The minimum absolute atomic E-state index is 1.01. The second-order valence-corrected chi connectivity index (χ2v) is 2.08. The van der Waals surface area contributed by atoms with Gasteiger partial charge in [-0.2, -0.15) is 0 Å². The first-order valence-corrected chi connectivity index (χ1v) is 3.22. The molecule has 1 heterocycles. The van der Waals surface area contributed by atoms with Crippen LogP contribution in [0.5, 0.6) is 0 Å². The number of aryl methyl sites for hydroxylation is 1. The van der Waals surface area contributed by atoms with E-state index in [1.165, 1.54) is 5.56 Å². The van der Waals surface area contributed by atoms with Gasteiger partial charge in [0.25, 0.3) is 0 Å². The summed E-state index contributed by atoms with van der Waals surface area (Å²) in [7, 11) is 0. The van der Waals surface area contributed by atoms with Crippen LogP contribution in [0.25, 0.3) is 0 Å². The quantitative estimate of drug-likeness (QED) is 0.589. The molecular weight excluding hydrogens is 112 g/mol. The van der Waals surface area contributed by atoms with Gasteiger partial charge in [0, 0.05) is 6.42 Å². The predicted molar refractivity (Wildman–Crippen MR) is 37.1 cm³/mol. The molecule has 0 aliphatic heterocycles. The third-order valence-electron chi connectivity index (χ3n) is 1.29. The summed E-state index contributed by atoms with van der Waals surface area (Å²) in [4.78, 5) is 0. The molecule has 1 aromatic heterocycles. The Morgan fingerprint density at radius 1 is 1.67 bits per heavy atom. The molecule has 49 valence electrons. The Labute approximate surface area is 55.7 Å². The summed E-state index contributed by atoms with van der Waals surface area (Å²) in [6, 6.07) is 1.97. The smallest absolute Gasteiger partial charge is 0.110 e. The van der Waals surface area contributed by atoms with E-state index in [-0.39, 0.29) is 0 Å². The van der Waals surface area contributed by atoms with E-state index in [1.807, 2.05) is 13.0 Å². The average molecular weight is 123 g/mol.